The Morgan fingerprint density at radius 2 is 2.50 bits per heavy atom. The zero-order chi connectivity index (χ0) is 8.81. The average Bonchev–Trinajstić information content (AvgIpc) is 2.56. The zero-order valence-electron chi connectivity index (χ0n) is 7.75. The van der Waals surface area contributed by atoms with Crippen molar-refractivity contribution in [1.29, 1.82) is 0 Å². The van der Waals surface area contributed by atoms with Crippen molar-refractivity contribution in [2.75, 3.05) is 26.4 Å². The van der Waals surface area contributed by atoms with Gasteiger partial charge in [0, 0.05) is 19.3 Å². The molecule has 0 aromatic carbocycles. The fraction of sp³-hybridized carbons (Fsp3) is 1.00. The van der Waals surface area contributed by atoms with Crippen molar-refractivity contribution in [2.24, 2.45) is 5.92 Å². The van der Waals surface area contributed by atoms with Crippen molar-refractivity contribution < 1.29 is 9.84 Å². The van der Waals surface area contributed by atoms with Gasteiger partial charge in [0.2, 0.25) is 0 Å². The van der Waals surface area contributed by atoms with E-state index in [0.717, 1.165) is 32.6 Å². The van der Waals surface area contributed by atoms with Crippen LogP contribution in [0.5, 0.6) is 0 Å². The molecule has 0 aromatic rings. The normalized spacial score (nSPS) is 26.0. The summed E-state index contributed by atoms with van der Waals surface area (Å²) in [4.78, 5) is 0. The van der Waals surface area contributed by atoms with Gasteiger partial charge in [-0.2, -0.15) is 0 Å². The van der Waals surface area contributed by atoms with E-state index in [2.05, 4.69) is 12.2 Å². The molecule has 1 aliphatic heterocycles. The molecule has 3 heteroatoms. The summed E-state index contributed by atoms with van der Waals surface area (Å²) in [7, 11) is 0. The van der Waals surface area contributed by atoms with Crippen molar-refractivity contribution in [3.05, 3.63) is 0 Å². The van der Waals surface area contributed by atoms with Crippen molar-refractivity contribution in [3.8, 4) is 0 Å². The molecule has 1 heterocycles. The van der Waals surface area contributed by atoms with E-state index in [4.69, 9.17) is 9.84 Å². The number of rotatable bonds is 5. The molecule has 2 unspecified atom stereocenters. The summed E-state index contributed by atoms with van der Waals surface area (Å²) >= 11 is 0. The first-order chi connectivity index (χ1) is 5.88. The van der Waals surface area contributed by atoms with Crippen LogP contribution in [0.3, 0.4) is 0 Å². The van der Waals surface area contributed by atoms with Crippen molar-refractivity contribution in [2.45, 2.75) is 25.8 Å². The van der Waals surface area contributed by atoms with Crippen LogP contribution in [-0.4, -0.2) is 37.5 Å². The summed E-state index contributed by atoms with van der Waals surface area (Å²) < 4.78 is 5.31. The summed E-state index contributed by atoms with van der Waals surface area (Å²) in [6, 6.07) is 0.447. The Hall–Kier alpha value is -0.120. The topological polar surface area (TPSA) is 41.5 Å². The summed E-state index contributed by atoms with van der Waals surface area (Å²) in [6.07, 6.45) is 1.99. The van der Waals surface area contributed by atoms with E-state index in [-0.39, 0.29) is 6.61 Å². The zero-order valence-corrected chi connectivity index (χ0v) is 7.75. The van der Waals surface area contributed by atoms with Crippen molar-refractivity contribution in [1.82, 2.24) is 5.32 Å². The SMILES string of the molecule is CCNC(CCO)C1CCOC1. The molecule has 1 rings (SSSR count). The van der Waals surface area contributed by atoms with Gasteiger partial charge in [-0.15, -0.1) is 0 Å². The molecular formula is C9H19NO2. The molecule has 12 heavy (non-hydrogen) atoms. The van der Waals surface area contributed by atoms with Crippen molar-refractivity contribution in [3.63, 3.8) is 0 Å². The van der Waals surface area contributed by atoms with Crippen LogP contribution >= 0.6 is 0 Å². The Labute approximate surface area is 74.1 Å². The highest BCUT2D eigenvalue weighted by Crippen LogP contribution is 2.18. The number of hydrogen-bond donors (Lipinski definition) is 2. The van der Waals surface area contributed by atoms with E-state index in [1.54, 1.807) is 0 Å². The number of hydrogen-bond acceptors (Lipinski definition) is 3. The van der Waals surface area contributed by atoms with Crippen LogP contribution < -0.4 is 5.32 Å². The third-order valence-corrected chi connectivity index (χ3v) is 2.44. The second-order valence-electron chi connectivity index (χ2n) is 3.30. The van der Waals surface area contributed by atoms with Gasteiger partial charge in [-0.3, -0.25) is 0 Å². The summed E-state index contributed by atoms with van der Waals surface area (Å²) in [6.45, 7) is 5.09. The number of ether oxygens (including phenoxy) is 1. The van der Waals surface area contributed by atoms with Gasteiger partial charge in [-0.05, 0) is 25.3 Å². The first kappa shape index (κ1) is 9.96. The molecular weight excluding hydrogens is 154 g/mol. The third-order valence-electron chi connectivity index (χ3n) is 2.44. The molecule has 0 amide bonds. The summed E-state index contributed by atoms with van der Waals surface area (Å²) in [5.41, 5.74) is 0. The second kappa shape index (κ2) is 5.51. The first-order valence-corrected chi connectivity index (χ1v) is 4.80. The molecule has 0 aromatic heterocycles. The minimum absolute atomic E-state index is 0.272. The molecule has 1 aliphatic rings. The molecule has 72 valence electrons. The lowest BCUT2D eigenvalue weighted by atomic mass is 9.96. The molecule has 0 aliphatic carbocycles. The van der Waals surface area contributed by atoms with Crippen LogP contribution in [0.4, 0.5) is 0 Å². The Morgan fingerprint density at radius 3 is 3.00 bits per heavy atom. The maximum Gasteiger partial charge on any atom is 0.0510 e. The van der Waals surface area contributed by atoms with E-state index < -0.39 is 0 Å². The highest BCUT2D eigenvalue weighted by molar-refractivity contribution is 4.78. The Morgan fingerprint density at radius 1 is 1.67 bits per heavy atom. The van der Waals surface area contributed by atoms with Gasteiger partial charge < -0.3 is 15.2 Å². The third kappa shape index (κ3) is 2.73. The quantitative estimate of drug-likeness (QED) is 0.631. The molecule has 2 N–H and O–H groups in total. The second-order valence-corrected chi connectivity index (χ2v) is 3.30. The Bertz CT molecular complexity index is 107. The maximum atomic E-state index is 8.84. The lowest BCUT2D eigenvalue weighted by Gasteiger charge is -2.22. The molecule has 0 saturated carbocycles. The molecule has 1 fully saturated rings. The minimum Gasteiger partial charge on any atom is -0.396 e. The van der Waals surface area contributed by atoms with Gasteiger partial charge in [0.15, 0.2) is 0 Å². The van der Waals surface area contributed by atoms with Gasteiger partial charge in [0.05, 0.1) is 6.61 Å². The fourth-order valence-corrected chi connectivity index (χ4v) is 1.78. The molecule has 0 spiro atoms. The maximum absolute atomic E-state index is 8.84. The van der Waals surface area contributed by atoms with Crippen LogP contribution in [0.1, 0.15) is 19.8 Å². The van der Waals surface area contributed by atoms with E-state index >= 15 is 0 Å². The molecule has 2 atom stereocenters. The largest absolute Gasteiger partial charge is 0.396 e. The van der Waals surface area contributed by atoms with Gasteiger partial charge >= 0.3 is 0 Å². The van der Waals surface area contributed by atoms with E-state index in [1.165, 1.54) is 0 Å². The monoisotopic (exact) mass is 173 g/mol. The standard InChI is InChI=1S/C9H19NO2/c1-2-10-9(3-5-11)8-4-6-12-7-8/h8-11H,2-7H2,1H3. The Kier molecular flexibility index (Phi) is 4.58. The van der Waals surface area contributed by atoms with Crippen LogP contribution in [-0.2, 0) is 4.74 Å². The number of aliphatic hydroxyl groups excluding tert-OH is 1. The first-order valence-electron chi connectivity index (χ1n) is 4.80. The predicted molar refractivity (Wildman–Crippen MR) is 48.1 cm³/mol. The van der Waals surface area contributed by atoms with Gasteiger partial charge in [0.25, 0.3) is 0 Å². The fourth-order valence-electron chi connectivity index (χ4n) is 1.78. The molecule has 1 saturated heterocycles. The highest BCUT2D eigenvalue weighted by atomic mass is 16.5. The van der Waals surface area contributed by atoms with E-state index in [0.29, 0.717) is 12.0 Å². The lowest BCUT2D eigenvalue weighted by molar-refractivity contribution is 0.168. The molecule has 0 radical (unpaired) electrons. The smallest absolute Gasteiger partial charge is 0.0510 e. The molecule has 0 bridgehead atoms. The van der Waals surface area contributed by atoms with Crippen molar-refractivity contribution >= 4 is 0 Å². The number of aliphatic hydroxyl groups is 1. The van der Waals surface area contributed by atoms with Gasteiger partial charge in [0.1, 0.15) is 0 Å². The highest BCUT2D eigenvalue weighted by Gasteiger charge is 2.24. The van der Waals surface area contributed by atoms with Crippen LogP contribution in [0.25, 0.3) is 0 Å². The van der Waals surface area contributed by atoms with Gasteiger partial charge in [-0.1, -0.05) is 6.92 Å². The molecule has 3 nitrogen and oxygen atoms in total. The lowest BCUT2D eigenvalue weighted by Crippen LogP contribution is -2.37. The minimum atomic E-state index is 0.272. The van der Waals surface area contributed by atoms with Crippen LogP contribution in [0, 0.1) is 5.92 Å². The summed E-state index contributed by atoms with van der Waals surface area (Å²) in [5.74, 6) is 0.608. The van der Waals surface area contributed by atoms with Crippen LogP contribution in [0.15, 0.2) is 0 Å². The average molecular weight is 173 g/mol. The summed E-state index contributed by atoms with van der Waals surface area (Å²) in [5, 5.41) is 12.2. The predicted octanol–water partition coefficient (Wildman–Crippen LogP) is 0.383. The van der Waals surface area contributed by atoms with Crippen LogP contribution in [0.2, 0.25) is 0 Å². The Balaban J connectivity index is 2.29. The van der Waals surface area contributed by atoms with E-state index in [1.807, 2.05) is 0 Å². The number of nitrogens with one attached hydrogen (secondary N) is 1. The van der Waals surface area contributed by atoms with E-state index in [9.17, 15) is 0 Å². The van der Waals surface area contributed by atoms with Gasteiger partial charge in [-0.25, -0.2) is 0 Å².